The standard InChI is InChI=1S/C15H18N2O3S/c1-10-17-13(9-21-10)11-5-7-12(8-6-11)15(19-3,20-4)14(18)16-2/h5-9H,1-4H3,(H,16,18). The third-order valence-electron chi connectivity index (χ3n) is 3.28. The smallest absolute Gasteiger partial charge is 0.285 e. The molecule has 1 N–H and O–H groups in total. The molecule has 1 aromatic carbocycles. The van der Waals surface area contributed by atoms with E-state index >= 15 is 0 Å². The third-order valence-corrected chi connectivity index (χ3v) is 4.05. The number of methoxy groups -OCH3 is 2. The molecule has 6 heteroatoms. The first-order chi connectivity index (χ1) is 10.1. The van der Waals surface area contributed by atoms with Crippen molar-refractivity contribution >= 4 is 17.2 Å². The van der Waals surface area contributed by atoms with Crippen LogP contribution in [-0.4, -0.2) is 32.2 Å². The fraction of sp³-hybridized carbons (Fsp3) is 0.333. The lowest BCUT2D eigenvalue weighted by atomic mass is 10.0. The van der Waals surface area contributed by atoms with Crippen LogP contribution in [-0.2, 0) is 20.1 Å². The molecule has 0 saturated carbocycles. The summed E-state index contributed by atoms with van der Waals surface area (Å²) in [6.45, 7) is 1.97. The molecule has 0 unspecified atom stereocenters. The van der Waals surface area contributed by atoms with Crippen LogP contribution in [0.25, 0.3) is 11.3 Å². The Morgan fingerprint density at radius 1 is 1.24 bits per heavy atom. The molecule has 21 heavy (non-hydrogen) atoms. The van der Waals surface area contributed by atoms with Gasteiger partial charge < -0.3 is 14.8 Å². The minimum Gasteiger partial charge on any atom is -0.354 e. The van der Waals surface area contributed by atoms with Crippen molar-refractivity contribution in [1.82, 2.24) is 10.3 Å². The van der Waals surface area contributed by atoms with Crippen molar-refractivity contribution in [3.63, 3.8) is 0 Å². The van der Waals surface area contributed by atoms with Crippen LogP contribution in [0.1, 0.15) is 10.6 Å². The largest absolute Gasteiger partial charge is 0.354 e. The minimum atomic E-state index is -1.44. The topological polar surface area (TPSA) is 60.5 Å². The zero-order chi connectivity index (χ0) is 15.5. The maximum atomic E-state index is 12.1. The fourth-order valence-corrected chi connectivity index (χ4v) is 2.78. The Balaban J connectivity index is 2.38. The average Bonchev–Trinajstić information content (AvgIpc) is 2.96. The zero-order valence-corrected chi connectivity index (χ0v) is 13.3. The van der Waals surface area contributed by atoms with Gasteiger partial charge in [-0.2, -0.15) is 0 Å². The summed E-state index contributed by atoms with van der Waals surface area (Å²) in [5, 5.41) is 5.58. The number of hydrogen-bond donors (Lipinski definition) is 1. The van der Waals surface area contributed by atoms with Gasteiger partial charge in [0.15, 0.2) is 0 Å². The van der Waals surface area contributed by atoms with Gasteiger partial charge in [-0.3, -0.25) is 4.79 Å². The molecule has 1 amide bonds. The Labute approximate surface area is 127 Å². The van der Waals surface area contributed by atoms with E-state index < -0.39 is 5.79 Å². The van der Waals surface area contributed by atoms with Crippen molar-refractivity contribution in [2.45, 2.75) is 12.7 Å². The van der Waals surface area contributed by atoms with E-state index in [2.05, 4.69) is 10.3 Å². The molecule has 2 aromatic rings. The first-order valence-corrected chi connectivity index (χ1v) is 7.31. The molecular weight excluding hydrogens is 288 g/mol. The van der Waals surface area contributed by atoms with Crippen LogP contribution in [0.15, 0.2) is 29.6 Å². The second-order valence-corrected chi connectivity index (χ2v) is 5.50. The fourth-order valence-electron chi connectivity index (χ4n) is 2.16. The first kappa shape index (κ1) is 15.6. The monoisotopic (exact) mass is 306 g/mol. The number of carbonyl (C=O) groups excluding carboxylic acids is 1. The molecule has 2 rings (SSSR count). The molecule has 112 valence electrons. The lowest BCUT2D eigenvalue weighted by Crippen LogP contribution is -2.46. The molecular formula is C15H18N2O3S. The van der Waals surface area contributed by atoms with Gasteiger partial charge in [-0.15, -0.1) is 11.3 Å². The number of hydrogen-bond acceptors (Lipinski definition) is 5. The van der Waals surface area contributed by atoms with Gasteiger partial charge in [-0.1, -0.05) is 24.3 Å². The molecule has 0 saturated heterocycles. The molecule has 0 spiro atoms. The van der Waals surface area contributed by atoms with E-state index in [9.17, 15) is 4.79 Å². The second kappa shape index (κ2) is 6.34. The number of aryl methyl sites for hydroxylation is 1. The summed E-state index contributed by atoms with van der Waals surface area (Å²) < 4.78 is 10.7. The maximum Gasteiger partial charge on any atom is 0.285 e. The number of ether oxygens (including phenoxy) is 2. The van der Waals surface area contributed by atoms with Crippen molar-refractivity contribution in [2.75, 3.05) is 21.3 Å². The Morgan fingerprint density at radius 3 is 2.29 bits per heavy atom. The number of aromatic nitrogens is 1. The van der Waals surface area contributed by atoms with E-state index in [1.165, 1.54) is 14.2 Å². The maximum absolute atomic E-state index is 12.1. The van der Waals surface area contributed by atoms with Gasteiger partial charge in [0.2, 0.25) is 0 Å². The molecule has 0 aliphatic carbocycles. The van der Waals surface area contributed by atoms with Gasteiger partial charge >= 0.3 is 0 Å². The van der Waals surface area contributed by atoms with Gasteiger partial charge in [0.1, 0.15) is 0 Å². The summed E-state index contributed by atoms with van der Waals surface area (Å²) in [5.74, 6) is -1.80. The lowest BCUT2D eigenvalue weighted by molar-refractivity contribution is -0.215. The first-order valence-electron chi connectivity index (χ1n) is 6.43. The summed E-state index contributed by atoms with van der Waals surface area (Å²) >= 11 is 1.60. The minimum absolute atomic E-state index is 0.357. The van der Waals surface area contributed by atoms with Crippen LogP contribution in [0, 0.1) is 6.92 Å². The summed E-state index contributed by atoms with van der Waals surface area (Å²) in [5.41, 5.74) is 2.54. The summed E-state index contributed by atoms with van der Waals surface area (Å²) in [4.78, 5) is 16.5. The van der Waals surface area contributed by atoms with Crippen molar-refractivity contribution in [1.29, 1.82) is 0 Å². The van der Waals surface area contributed by atoms with Gasteiger partial charge in [-0.25, -0.2) is 4.98 Å². The Bertz CT molecular complexity index is 618. The Kier molecular flexibility index (Phi) is 4.72. The number of rotatable bonds is 5. The number of amides is 1. The normalized spacial score (nSPS) is 11.4. The van der Waals surface area contributed by atoms with E-state index in [0.717, 1.165) is 16.3 Å². The zero-order valence-electron chi connectivity index (χ0n) is 12.5. The quantitative estimate of drug-likeness (QED) is 0.861. The highest BCUT2D eigenvalue weighted by Crippen LogP contribution is 2.29. The van der Waals surface area contributed by atoms with Crippen LogP contribution < -0.4 is 5.32 Å². The second-order valence-electron chi connectivity index (χ2n) is 4.43. The number of nitrogens with one attached hydrogen (secondary N) is 1. The average molecular weight is 306 g/mol. The van der Waals surface area contributed by atoms with Crippen molar-refractivity contribution in [2.24, 2.45) is 0 Å². The number of carbonyl (C=O) groups is 1. The van der Waals surface area contributed by atoms with Crippen molar-refractivity contribution in [3.8, 4) is 11.3 Å². The molecule has 0 atom stereocenters. The highest BCUT2D eigenvalue weighted by atomic mass is 32.1. The Hall–Kier alpha value is -1.76. The van der Waals surface area contributed by atoms with Crippen LogP contribution in [0.5, 0.6) is 0 Å². The molecule has 0 fully saturated rings. The van der Waals surface area contributed by atoms with Crippen molar-refractivity contribution < 1.29 is 14.3 Å². The van der Waals surface area contributed by atoms with Gasteiger partial charge in [-0.05, 0) is 6.92 Å². The predicted molar refractivity (Wildman–Crippen MR) is 82.0 cm³/mol. The van der Waals surface area contributed by atoms with Gasteiger partial charge in [0, 0.05) is 37.8 Å². The molecule has 0 radical (unpaired) electrons. The van der Waals surface area contributed by atoms with Crippen LogP contribution in [0.4, 0.5) is 0 Å². The summed E-state index contributed by atoms with van der Waals surface area (Å²) in [6, 6.07) is 7.43. The lowest BCUT2D eigenvalue weighted by Gasteiger charge is -2.29. The molecule has 1 aromatic heterocycles. The Morgan fingerprint density at radius 2 is 1.86 bits per heavy atom. The number of likely N-dealkylation sites (N-methyl/N-ethyl adjacent to an activating group) is 1. The summed E-state index contributed by atoms with van der Waals surface area (Å²) in [6.07, 6.45) is 0. The molecule has 0 aliphatic rings. The highest BCUT2D eigenvalue weighted by Gasteiger charge is 2.40. The number of nitrogens with zero attached hydrogens (tertiary/aromatic N) is 1. The number of benzene rings is 1. The molecule has 0 aliphatic heterocycles. The highest BCUT2D eigenvalue weighted by molar-refractivity contribution is 7.09. The van der Waals surface area contributed by atoms with E-state index in [4.69, 9.17) is 9.47 Å². The van der Waals surface area contributed by atoms with Crippen LogP contribution in [0.3, 0.4) is 0 Å². The van der Waals surface area contributed by atoms with Gasteiger partial charge in [0.05, 0.1) is 10.7 Å². The van der Waals surface area contributed by atoms with Crippen LogP contribution in [0.2, 0.25) is 0 Å². The van der Waals surface area contributed by atoms with Crippen LogP contribution >= 0.6 is 11.3 Å². The van der Waals surface area contributed by atoms with Crippen molar-refractivity contribution in [3.05, 3.63) is 40.2 Å². The van der Waals surface area contributed by atoms with E-state index in [0.29, 0.717) is 5.56 Å². The summed E-state index contributed by atoms with van der Waals surface area (Å²) in [7, 11) is 4.43. The van der Waals surface area contributed by atoms with E-state index in [1.54, 1.807) is 18.4 Å². The molecule has 0 bridgehead atoms. The SMILES string of the molecule is CNC(=O)C(OC)(OC)c1ccc(-c2csc(C)n2)cc1. The molecule has 1 heterocycles. The third kappa shape index (κ3) is 2.83. The van der Waals surface area contributed by atoms with E-state index in [1.807, 2.05) is 36.6 Å². The number of thiazole rings is 1. The predicted octanol–water partition coefficient (Wildman–Crippen LogP) is 2.31. The van der Waals surface area contributed by atoms with E-state index in [-0.39, 0.29) is 5.91 Å². The van der Waals surface area contributed by atoms with Gasteiger partial charge in [0.25, 0.3) is 11.7 Å². The molecule has 5 nitrogen and oxygen atoms in total.